The van der Waals surface area contributed by atoms with E-state index in [2.05, 4.69) is 55.1 Å². The fourth-order valence-corrected chi connectivity index (χ4v) is 2.18. The molecule has 0 fully saturated rings. The predicted molar refractivity (Wildman–Crippen MR) is 44.9 cm³/mol. The summed E-state index contributed by atoms with van der Waals surface area (Å²) in [7, 11) is 0. The normalized spacial score (nSPS) is 19.9. The first-order chi connectivity index (χ1) is 4.89. The summed E-state index contributed by atoms with van der Waals surface area (Å²) in [6, 6.07) is 0. The zero-order valence-corrected chi connectivity index (χ0v) is 13.5. The van der Waals surface area contributed by atoms with Gasteiger partial charge in [0.25, 0.3) is 0 Å². The Bertz CT molecular complexity index is 236. The second kappa shape index (κ2) is 5.30. The summed E-state index contributed by atoms with van der Waals surface area (Å²) >= 11 is 2.25. The van der Waals surface area contributed by atoms with Crippen LogP contribution in [0.15, 0.2) is 20.6 Å². The van der Waals surface area contributed by atoms with Gasteiger partial charge in [-0.1, -0.05) is 0 Å². The molecule has 1 aliphatic carbocycles. The molecule has 0 amide bonds. The van der Waals surface area contributed by atoms with Crippen LogP contribution in [-0.4, -0.2) is 0 Å². The van der Waals surface area contributed by atoms with E-state index in [4.69, 9.17) is 0 Å². The van der Waals surface area contributed by atoms with Crippen LogP contribution >= 0.6 is 0 Å². The Morgan fingerprint density at radius 3 is 1.38 bits per heavy atom. The molecule has 0 heterocycles. The third-order valence-corrected chi connectivity index (χ3v) is 4.62. The molecule has 0 aromatic heterocycles. The second-order valence-electron chi connectivity index (χ2n) is 3.88. The van der Waals surface area contributed by atoms with Gasteiger partial charge in [-0.05, 0) is 0 Å². The van der Waals surface area contributed by atoms with Gasteiger partial charge < -0.3 is 34.0 Å². The molecule has 0 saturated heterocycles. The van der Waals surface area contributed by atoms with Crippen LogP contribution in [0.3, 0.4) is 0 Å². The summed E-state index contributed by atoms with van der Waals surface area (Å²) < 4.78 is 1.53. The predicted octanol–water partition coefficient (Wildman–Crippen LogP) is -2.81. The van der Waals surface area contributed by atoms with E-state index in [0.717, 1.165) is 0 Å². The number of hydrogen-bond donors (Lipinski definition) is 0. The van der Waals surface area contributed by atoms with Crippen molar-refractivity contribution in [3.05, 3.63) is 20.6 Å². The van der Waals surface area contributed by atoms with E-state index in [1.165, 1.54) is 20.6 Å². The molecule has 0 atom stereocenters. The fraction of sp³-hybridized carbons (Fsp3) is 0.600. The van der Waals surface area contributed by atoms with Crippen LogP contribution in [0.5, 0.6) is 0 Å². The maximum atomic E-state index is 2.30. The first kappa shape index (κ1) is 16.6. The molecule has 1 aliphatic rings. The molecular formula is C10H15Br2Ti. The fourth-order valence-electron chi connectivity index (χ4n) is 1.59. The Morgan fingerprint density at radius 1 is 0.923 bits per heavy atom. The van der Waals surface area contributed by atoms with Crippen LogP contribution in [0.2, 0.25) is 0 Å². The first-order valence-electron chi connectivity index (χ1n) is 4.00. The molecule has 73 valence electrons. The van der Waals surface area contributed by atoms with Gasteiger partial charge in [0, 0.05) is 0 Å². The van der Waals surface area contributed by atoms with Crippen LogP contribution in [0, 0.1) is 5.41 Å². The van der Waals surface area contributed by atoms with Gasteiger partial charge in [-0.15, -0.1) is 0 Å². The van der Waals surface area contributed by atoms with Gasteiger partial charge in [0.2, 0.25) is 0 Å². The molecule has 0 aromatic rings. The van der Waals surface area contributed by atoms with Crippen LogP contribution in [0.25, 0.3) is 0 Å². The standard InChI is InChI=1S/C10H15.2BrH.Ti/c1-7-6-10(4,5)9(3)8(7)2;;;/h1-5H3;2*1H;/q;;;+2/p-2. The summed E-state index contributed by atoms with van der Waals surface area (Å²) in [5.74, 6) is 0. The molecule has 13 heavy (non-hydrogen) atoms. The third-order valence-electron chi connectivity index (χ3n) is 3.06. The second-order valence-corrected chi connectivity index (χ2v) is 4.66. The average molecular weight is 343 g/mol. The Morgan fingerprint density at radius 2 is 1.31 bits per heavy atom. The van der Waals surface area contributed by atoms with Crippen molar-refractivity contribution in [2.75, 3.05) is 0 Å². The van der Waals surface area contributed by atoms with Crippen molar-refractivity contribution in [1.29, 1.82) is 0 Å². The average Bonchev–Trinajstić information content (AvgIpc) is 2.06. The largest absolute Gasteiger partial charge is 1.00 e. The first-order valence-corrected chi connectivity index (χ1v) is 4.78. The van der Waals surface area contributed by atoms with Crippen LogP contribution in [0.4, 0.5) is 0 Å². The van der Waals surface area contributed by atoms with E-state index >= 15 is 0 Å². The van der Waals surface area contributed by atoms with Crippen LogP contribution in [-0.2, 0) is 20.4 Å². The minimum absolute atomic E-state index is 0. The van der Waals surface area contributed by atoms with Crippen LogP contribution < -0.4 is 34.0 Å². The Balaban J connectivity index is 0. The molecule has 0 bridgehead atoms. The van der Waals surface area contributed by atoms with E-state index in [0.29, 0.717) is 5.41 Å². The van der Waals surface area contributed by atoms with Gasteiger partial charge in [0.1, 0.15) is 0 Å². The Kier molecular flexibility index (Phi) is 6.75. The maximum Gasteiger partial charge on any atom is -1.00 e. The molecule has 3 heteroatoms. The summed E-state index contributed by atoms with van der Waals surface area (Å²) in [6.07, 6.45) is 0. The van der Waals surface area contributed by atoms with Gasteiger partial charge in [-0.3, -0.25) is 0 Å². The summed E-state index contributed by atoms with van der Waals surface area (Å²) in [5, 5.41) is 0. The van der Waals surface area contributed by atoms with Gasteiger partial charge in [0.15, 0.2) is 0 Å². The van der Waals surface area contributed by atoms with Gasteiger partial charge >= 0.3 is 81.1 Å². The van der Waals surface area contributed by atoms with Crippen LogP contribution in [0.1, 0.15) is 34.6 Å². The Hall–Kier alpha value is 1.15. The zero-order chi connectivity index (χ0) is 8.81. The van der Waals surface area contributed by atoms with Crippen molar-refractivity contribution in [1.82, 2.24) is 0 Å². The van der Waals surface area contributed by atoms with E-state index in [9.17, 15) is 0 Å². The SMILES string of the molecule is CC1=C(C)C(C)(C)[C]([Ti+2])=C1C.[Br-].[Br-]. The topological polar surface area (TPSA) is 0 Å². The minimum Gasteiger partial charge on any atom is -1.00 e. The number of hydrogen-bond acceptors (Lipinski definition) is 0. The summed E-state index contributed by atoms with van der Waals surface area (Å²) in [5.41, 5.74) is 4.83. The monoisotopic (exact) mass is 341 g/mol. The van der Waals surface area contributed by atoms with E-state index in [1.54, 1.807) is 0 Å². The molecule has 0 aliphatic heterocycles. The molecule has 0 unspecified atom stereocenters. The van der Waals surface area contributed by atoms with Gasteiger partial charge in [-0.25, -0.2) is 0 Å². The number of allylic oxidation sites excluding steroid dienone is 4. The minimum atomic E-state index is 0. The number of rotatable bonds is 0. The van der Waals surface area contributed by atoms with Crippen molar-refractivity contribution in [2.45, 2.75) is 34.6 Å². The molecular weight excluding hydrogens is 328 g/mol. The molecule has 0 spiro atoms. The number of halogens is 2. The third kappa shape index (κ3) is 2.59. The summed E-state index contributed by atoms with van der Waals surface area (Å²) in [4.78, 5) is 0. The molecule has 0 nitrogen and oxygen atoms in total. The van der Waals surface area contributed by atoms with Crippen molar-refractivity contribution in [3.63, 3.8) is 0 Å². The van der Waals surface area contributed by atoms with Crippen molar-refractivity contribution in [3.8, 4) is 0 Å². The van der Waals surface area contributed by atoms with E-state index in [1.807, 2.05) is 0 Å². The quantitative estimate of drug-likeness (QED) is 0.417. The molecule has 0 N–H and O–H groups in total. The molecule has 0 radical (unpaired) electrons. The smallest absolute Gasteiger partial charge is 1.00 e. The van der Waals surface area contributed by atoms with Crippen molar-refractivity contribution in [2.24, 2.45) is 5.41 Å². The molecule has 1 rings (SSSR count). The zero-order valence-electron chi connectivity index (χ0n) is 8.76. The Labute approximate surface area is 114 Å². The van der Waals surface area contributed by atoms with E-state index in [-0.39, 0.29) is 34.0 Å². The van der Waals surface area contributed by atoms with E-state index < -0.39 is 0 Å². The van der Waals surface area contributed by atoms with Gasteiger partial charge in [-0.2, -0.15) is 0 Å². The molecule has 0 aromatic carbocycles. The van der Waals surface area contributed by atoms with Crippen molar-refractivity contribution < 1.29 is 54.4 Å². The van der Waals surface area contributed by atoms with Crippen molar-refractivity contribution >= 4 is 0 Å². The van der Waals surface area contributed by atoms with Gasteiger partial charge in [0.05, 0.1) is 0 Å². The maximum absolute atomic E-state index is 2.30. The summed E-state index contributed by atoms with van der Waals surface area (Å²) in [6.45, 7) is 11.3. The molecule has 0 saturated carbocycles.